The molecule has 130 valence electrons. The second kappa shape index (κ2) is 7.31. The van der Waals surface area contributed by atoms with Gasteiger partial charge in [0.25, 0.3) is 0 Å². The maximum Gasteiger partial charge on any atom is 0.175 e. The minimum atomic E-state index is 0.568. The summed E-state index contributed by atoms with van der Waals surface area (Å²) in [6.07, 6.45) is 0.940. The summed E-state index contributed by atoms with van der Waals surface area (Å²) in [4.78, 5) is 2.10. The van der Waals surface area contributed by atoms with Crippen LogP contribution in [0.3, 0.4) is 0 Å². The third kappa shape index (κ3) is 3.40. The molecular weight excluding hydrogens is 324 g/mol. The van der Waals surface area contributed by atoms with E-state index in [-0.39, 0.29) is 0 Å². The monoisotopic (exact) mass is 344 g/mol. The van der Waals surface area contributed by atoms with Crippen LogP contribution in [-0.4, -0.2) is 22.5 Å². The summed E-state index contributed by atoms with van der Waals surface area (Å²) in [5.74, 6) is 2.06. The van der Waals surface area contributed by atoms with E-state index in [1.165, 1.54) is 11.1 Å². The summed E-state index contributed by atoms with van der Waals surface area (Å²) in [7, 11) is 0. The first kappa shape index (κ1) is 16.2. The van der Waals surface area contributed by atoms with Gasteiger partial charge in [-0.05, 0) is 41.8 Å². The van der Waals surface area contributed by atoms with Crippen LogP contribution in [0, 0.1) is 0 Å². The molecule has 0 saturated heterocycles. The molecule has 0 fully saturated rings. The summed E-state index contributed by atoms with van der Waals surface area (Å²) in [6.45, 7) is 1.56. The van der Waals surface area contributed by atoms with Crippen LogP contribution in [0.5, 0.6) is 11.5 Å². The van der Waals surface area contributed by atoms with Crippen molar-refractivity contribution in [2.45, 2.75) is 13.0 Å². The van der Waals surface area contributed by atoms with Crippen molar-refractivity contribution in [1.29, 1.82) is 0 Å². The molecule has 1 aliphatic heterocycles. The van der Waals surface area contributed by atoms with E-state index < -0.39 is 0 Å². The van der Waals surface area contributed by atoms with Crippen molar-refractivity contribution in [3.05, 3.63) is 95.6 Å². The number of nitrogens with zero attached hydrogens (tertiary/aromatic N) is 2. The number of para-hydroxylation sites is 1. The van der Waals surface area contributed by atoms with Gasteiger partial charge in [0, 0.05) is 18.7 Å². The smallest absolute Gasteiger partial charge is 0.175 e. The Morgan fingerprint density at radius 2 is 1.58 bits per heavy atom. The Hall–Kier alpha value is -3.27. The standard InChI is InChI=1S/C22H20N2O2/c25-23-22(24-14-13-17-7-4-5-8-19(17)16-24)18-9-6-12-21(15-18)26-20-10-2-1-3-11-20/h1-12,15,25H,13-14,16H2. The van der Waals surface area contributed by atoms with Crippen molar-refractivity contribution in [3.63, 3.8) is 0 Å². The lowest BCUT2D eigenvalue weighted by Gasteiger charge is -2.30. The van der Waals surface area contributed by atoms with Gasteiger partial charge in [0.05, 0.1) is 0 Å². The van der Waals surface area contributed by atoms with Crippen molar-refractivity contribution in [3.8, 4) is 11.5 Å². The Balaban J connectivity index is 1.57. The zero-order valence-electron chi connectivity index (χ0n) is 14.4. The first-order valence-corrected chi connectivity index (χ1v) is 8.70. The van der Waals surface area contributed by atoms with Gasteiger partial charge in [0.15, 0.2) is 5.84 Å². The Bertz CT molecular complexity index is 922. The molecule has 26 heavy (non-hydrogen) atoms. The SMILES string of the molecule is ON=C(c1cccc(Oc2ccccc2)c1)N1CCc2ccccc2C1. The first-order valence-electron chi connectivity index (χ1n) is 8.70. The number of hydrogen-bond donors (Lipinski definition) is 1. The molecule has 0 unspecified atom stereocenters. The Morgan fingerprint density at radius 3 is 2.38 bits per heavy atom. The predicted molar refractivity (Wildman–Crippen MR) is 102 cm³/mol. The molecule has 0 radical (unpaired) electrons. The van der Waals surface area contributed by atoms with Crippen LogP contribution in [0.1, 0.15) is 16.7 Å². The average Bonchev–Trinajstić information content (AvgIpc) is 2.70. The minimum absolute atomic E-state index is 0.568. The van der Waals surface area contributed by atoms with Crippen LogP contribution in [0.4, 0.5) is 0 Å². The van der Waals surface area contributed by atoms with Gasteiger partial charge >= 0.3 is 0 Å². The van der Waals surface area contributed by atoms with Crippen LogP contribution in [0.2, 0.25) is 0 Å². The second-order valence-electron chi connectivity index (χ2n) is 6.31. The van der Waals surface area contributed by atoms with E-state index >= 15 is 0 Å². The summed E-state index contributed by atoms with van der Waals surface area (Å²) < 4.78 is 5.90. The molecule has 4 heteroatoms. The van der Waals surface area contributed by atoms with Crippen LogP contribution in [0.25, 0.3) is 0 Å². The van der Waals surface area contributed by atoms with Gasteiger partial charge in [0.2, 0.25) is 0 Å². The van der Waals surface area contributed by atoms with E-state index in [0.29, 0.717) is 11.6 Å². The predicted octanol–water partition coefficient (Wildman–Crippen LogP) is 4.67. The van der Waals surface area contributed by atoms with E-state index in [0.717, 1.165) is 30.8 Å². The quantitative estimate of drug-likeness (QED) is 0.325. The fourth-order valence-corrected chi connectivity index (χ4v) is 3.30. The lowest BCUT2D eigenvalue weighted by atomic mass is 9.99. The molecule has 3 aromatic carbocycles. The van der Waals surface area contributed by atoms with Gasteiger partial charge in [-0.15, -0.1) is 0 Å². The summed E-state index contributed by atoms with van der Waals surface area (Å²) in [6, 6.07) is 25.7. The lowest BCUT2D eigenvalue weighted by molar-refractivity contribution is 0.295. The molecule has 0 saturated carbocycles. The Kier molecular flexibility index (Phi) is 4.56. The van der Waals surface area contributed by atoms with E-state index in [4.69, 9.17) is 4.74 Å². The molecule has 1 aliphatic rings. The molecule has 4 rings (SSSR count). The van der Waals surface area contributed by atoms with Gasteiger partial charge in [0.1, 0.15) is 11.5 Å². The molecule has 1 N–H and O–H groups in total. The third-order valence-electron chi connectivity index (χ3n) is 4.60. The normalized spacial score (nSPS) is 14.0. The number of ether oxygens (including phenoxy) is 1. The molecule has 0 atom stereocenters. The van der Waals surface area contributed by atoms with Crippen LogP contribution in [0.15, 0.2) is 84.0 Å². The number of amidine groups is 1. The Labute approximate surface area is 153 Å². The Morgan fingerprint density at radius 1 is 0.846 bits per heavy atom. The van der Waals surface area contributed by atoms with E-state index in [1.807, 2.05) is 60.7 Å². The largest absolute Gasteiger partial charge is 0.457 e. The van der Waals surface area contributed by atoms with Gasteiger partial charge in [-0.2, -0.15) is 0 Å². The second-order valence-corrected chi connectivity index (χ2v) is 6.31. The highest BCUT2D eigenvalue weighted by molar-refractivity contribution is 5.98. The van der Waals surface area contributed by atoms with Crippen LogP contribution in [-0.2, 0) is 13.0 Å². The van der Waals surface area contributed by atoms with Gasteiger partial charge < -0.3 is 14.8 Å². The molecule has 0 aliphatic carbocycles. The minimum Gasteiger partial charge on any atom is -0.457 e. The maximum absolute atomic E-state index is 9.67. The summed E-state index contributed by atoms with van der Waals surface area (Å²) in [5.41, 5.74) is 3.47. The van der Waals surface area contributed by atoms with Gasteiger partial charge in [-0.1, -0.05) is 59.8 Å². The van der Waals surface area contributed by atoms with E-state index in [2.05, 4.69) is 28.3 Å². The number of benzene rings is 3. The molecule has 4 nitrogen and oxygen atoms in total. The number of hydrogen-bond acceptors (Lipinski definition) is 3. The molecule has 0 amide bonds. The number of oxime groups is 1. The summed E-state index contributed by atoms with van der Waals surface area (Å²) >= 11 is 0. The topological polar surface area (TPSA) is 45.1 Å². The highest BCUT2D eigenvalue weighted by atomic mass is 16.5. The highest BCUT2D eigenvalue weighted by Crippen LogP contribution is 2.25. The van der Waals surface area contributed by atoms with Crippen molar-refractivity contribution >= 4 is 5.84 Å². The van der Waals surface area contributed by atoms with Crippen LogP contribution >= 0.6 is 0 Å². The molecular formula is C22H20N2O2. The van der Waals surface area contributed by atoms with Crippen molar-refractivity contribution in [2.75, 3.05) is 6.54 Å². The zero-order valence-corrected chi connectivity index (χ0v) is 14.4. The van der Waals surface area contributed by atoms with Crippen LogP contribution < -0.4 is 4.74 Å². The van der Waals surface area contributed by atoms with Gasteiger partial charge in [-0.25, -0.2) is 0 Å². The zero-order chi connectivity index (χ0) is 17.8. The van der Waals surface area contributed by atoms with E-state index in [9.17, 15) is 5.21 Å². The number of fused-ring (bicyclic) bond motifs is 1. The molecule has 3 aromatic rings. The average molecular weight is 344 g/mol. The third-order valence-corrected chi connectivity index (χ3v) is 4.60. The maximum atomic E-state index is 9.67. The highest BCUT2D eigenvalue weighted by Gasteiger charge is 2.21. The fraction of sp³-hybridized carbons (Fsp3) is 0.136. The van der Waals surface area contributed by atoms with Crippen molar-refractivity contribution in [2.24, 2.45) is 5.16 Å². The van der Waals surface area contributed by atoms with Gasteiger partial charge in [-0.3, -0.25) is 0 Å². The summed E-state index contributed by atoms with van der Waals surface area (Å²) in [5, 5.41) is 13.3. The molecule has 1 heterocycles. The molecule has 0 spiro atoms. The fourth-order valence-electron chi connectivity index (χ4n) is 3.30. The molecule has 0 bridgehead atoms. The van der Waals surface area contributed by atoms with E-state index in [1.54, 1.807) is 0 Å². The van der Waals surface area contributed by atoms with Crippen molar-refractivity contribution in [1.82, 2.24) is 4.90 Å². The lowest BCUT2D eigenvalue weighted by Crippen LogP contribution is -2.36. The number of rotatable bonds is 3. The molecule has 0 aromatic heterocycles. The first-order chi connectivity index (χ1) is 12.8. The van der Waals surface area contributed by atoms with Crippen molar-refractivity contribution < 1.29 is 9.94 Å².